The predicted molar refractivity (Wildman–Crippen MR) is 158 cm³/mol. The normalized spacial score (nSPS) is 14.4. The fraction of sp³-hybridized carbons (Fsp3) is 0.844. The molecule has 0 aliphatic carbocycles. The Kier molecular flexibility index (Phi) is 27.0. The van der Waals surface area contributed by atoms with Crippen LogP contribution in [0.25, 0.3) is 0 Å². The quantitative estimate of drug-likeness (QED) is 0.0661. The van der Waals surface area contributed by atoms with Crippen molar-refractivity contribution in [1.29, 1.82) is 0 Å². The van der Waals surface area contributed by atoms with Crippen molar-refractivity contribution in [1.82, 2.24) is 5.32 Å². The summed E-state index contributed by atoms with van der Waals surface area (Å²) in [4.78, 5) is 12.3. The molecule has 4 N–H and O–H groups in total. The Morgan fingerprint density at radius 3 is 1.65 bits per heavy atom. The first-order valence-corrected chi connectivity index (χ1v) is 15.7. The second-order valence-electron chi connectivity index (χ2n) is 10.7. The molecule has 0 rings (SSSR count). The molecule has 0 bridgehead atoms. The van der Waals surface area contributed by atoms with Crippen molar-refractivity contribution < 1.29 is 20.1 Å². The summed E-state index contributed by atoms with van der Waals surface area (Å²) in [6, 6.07) is -0.806. The summed E-state index contributed by atoms with van der Waals surface area (Å²) >= 11 is 0. The summed E-state index contributed by atoms with van der Waals surface area (Å²) < 4.78 is 0. The molecule has 5 nitrogen and oxygen atoms in total. The fourth-order valence-corrected chi connectivity index (χ4v) is 4.49. The molecule has 3 unspecified atom stereocenters. The second kappa shape index (κ2) is 27.9. The van der Waals surface area contributed by atoms with E-state index in [2.05, 4.69) is 31.3 Å². The standard InChI is InChI=1S/C32H61NO4/c1-3-5-7-9-11-13-14-15-16-17-18-19-21-22-24-26-30(35)29(28-34)33-32(37)31(36)27-25-23-20-12-10-8-6-4-2/h18-19,24,26,29-31,34-36H,3-17,20-23,25,27-28H2,1-2H3,(H,33,37)/b19-18+,26-24+. The molecule has 0 aliphatic rings. The van der Waals surface area contributed by atoms with Crippen molar-refractivity contribution in [2.24, 2.45) is 0 Å². The highest BCUT2D eigenvalue weighted by Crippen LogP contribution is 2.12. The minimum Gasteiger partial charge on any atom is -0.394 e. The Bertz CT molecular complexity index is 549. The van der Waals surface area contributed by atoms with E-state index in [0.717, 1.165) is 38.5 Å². The van der Waals surface area contributed by atoms with E-state index < -0.39 is 24.2 Å². The molecule has 0 fully saturated rings. The third-order valence-electron chi connectivity index (χ3n) is 7.04. The third kappa shape index (κ3) is 23.7. The van der Waals surface area contributed by atoms with Crippen LogP contribution in [0.1, 0.15) is 149 Å². The maximum atomic E-state index is 12.3. The highest BCUT2D eigenvalue weighted by molar-refractivity contribution is 5.80. The van der Waals surface area contributed by atoms with Gasteiger partial charge in [-0.25, -0.2) is 0 Å². The van der Waals surface area contributed by atoms with Crippen molar-refractivity contribution >= 4 is 5.91 Å². The Balaban J connectivity index is 3.87. The number of aliphatic hydroxyl groups excluding tert-OH is 3. The first kappa shape index (κ1) is 35.8. The molecule has 3 atom stereocenters. The molecule has 218 valence electrons. The van der Waals surface area contributed by atoms with Crippen LogP contribution < -0.4 is 5.32 Å². The monoisotopic (exact) mass is 523 g/mol. The van der Waals surface area contributed by atoms with Gasteiger partial charge in [-0.05, 0) is 32.1 Å². The summed E-state index contributed by atoms with van der Waals surface area (Å²) in [5.41, 5.74) is 0. The number of allylic oxidation sites excluding steroid dienone is 3. The van der Waals surface area contributed by atoms with Crippen molar-refractivity contribution in [3.05, 3.63) is 24.3 Å². The first-order valence-electron chi connectivity index (χ1n) is 15.7. The van der Waals surface area contributed by atoms with Crippen LogP contribution >= 0.6 is 0 Å². The lowest BCUT2D eigenvalue weighted by Gasteiger charge is -2.21. The van der Waals surface area contributed by atoms with E-state index in [1.807, 2.05) is 6.08 Å². The molecule has 0 heterocycles. The summed E-state index contributed by atoms with van der Waals surface area (Å²) in [7, 11) is 0. The van der Waals surface area contributed by atoms with E-state index in [4.69, 9.17) is 0 Å². The number of nitrogens with one attached hydrogen (secondary N) is 1. The second-order valence-corrected chi connectivity index (χ2v) is 10.7. The summed E-state index contributed by atoms with van der Waals surface area (Å²) in [6.45, 7) is 4.09. The van der Waals surface area contributed by atoms with Gasteiger partial charge >= 0.3 is 0 Å². The van der Waals surface area contributed by atoms with Gasteiger partial charge in [-0.15, -0.1) is 0 Å². The van der Waals surface area contributed by atoms with E-state index in [-0.39, 0.29) is 6.61 Å². The van der Waals surface area contributed by atoms with Gasteiger partial charge < -0.3 is 20.6 Å². The molecular formula is C32H61NO4. The topological polar surface area (TPSA) is 89.8 Å². The van der Waals surface area contributed by atoms with Crippen molar-refractivity contribution in [3.8, 4) is 0 Å². The highest BCUT2D eigenvalue weighted by Gasteiger charge is 2.22. The first-order chi connectivity index (χ1) is 18.1. The molecule has 0 aromatic rings. The Morgan fingerprint density at radius 1 is 0.649 bits per heavy atom. The summed E-state index contributed by atoms with van der Waals surface area (Å²) in [5.74, 6) is -0.520. The zero-order valence-electron chi connectivity index (χ0n) is 24.3. The predicted octanol–water partition coefficient (Wildman–Crippen LogP) is 7.53. The lowest BCUT2D eigenvalue weighted by atomic mass is 10.0. The Morgan fingerprint density at radius 2 is 1.11 bits per heavy atom. The molecular weight excluding hydrogens is 462 g/mol. The third-order valence-corrected chi connectivity index (χ3v) is 7.04. The van der Waals surface area contributed by atoms with Crippen LogP contribution in [0.3, 0.4) is 0 Å². The Labute approximate surface area is 229 Å². The molecule has 1 amide bonds. The zero-order valence-corrected chi connectivity index (χ0v) is 24.3. The number of hydrogen-bond acceptors (Lipinski definition) is 4. The van der Waals surface area contributed by atoms with E-state index in [0.29, 0.717) is 6.42 Å². The average molecular weight is 524 g/mol. The molecule has 0 radical (unpaired) electrons. The number of carbonyl (C=O) groups excluding carboxylic acids is 1. The van der Waals surface area contributed by atoms with E-state index in [1.165, 1.54) is 89.9 Å². The number of carbonyl (C=O) groups is 1. The van der Waals surface area contributed by atoms with Crippen LogP contribution in [0.2, 0.25) is 0 Å². The summed E-state index contributed by atoms with van der Waals surface area (Å²) in [6.07, 6.45) is 30.5. The molecule has 0 saturated heterocycles. The van der Waals surface area contributed by atoms with Gasteiger partial charge in [0.25, 0.3) is 0 Å². The maximum Gasteiger partial charge on any atom is 0.249 e. The van der Waals surface area contributed by atoms with Gasteiger partial charge in [0.15, 0.2) is 0 Å². The van der Waals surface area contributed by atoms with Crippen LogP contribution in [0.4, 0.5) is 0 Å². The fourth-order valence-electron chi connectivity index (χ4n) is 4.49. The van der Waals surface area contributed by atoms with Gasteiger partial charge in [-0.2, -0.15) is 0 Å². The largest absolute Gasteiger partial charge is 0.394 e. The molecule has 0 aromatic carbocycles. The number of unbranched alkanes of at least 4 members (excludes halogenated alkanes) is 17. The smallest absolute Gasteiger partial charge is 0.249 e. The van der Waals surface area contributed by atoms with E-state index >= 15 is 0 Å². The van der Waals surface area contributed by atoms with E-state index in [1.54, 1.807) is 6.08 Å². The molecule has 0 aliphatic heterocycles. The van der Waals surface area contributed by atoms with Crippen molar-refractivity contribution in [3.63, 3.8) is 0 Å². The van der Waals surface area contributed by atoms with Gasteiger partial charge in [0.05, 0.1) is 18.8 Å². The minimum absolute atomic E-state index is 0.375. The molecule has 0 saturated carbocycles. The maximum absolute atomic E-state index is 12.3. The molecule has 0 aromatic heterocycles. The SMILES string of the molecule is CCCCCCCCCCC/C=C/CC/C=C/C(O)C(CO)NC(=O)C(O)CCCCCCCCCC. The average Bonchev–Trinajstić information content (AvgIpc) is 2.90. The number of amides is 1. The molecule has 0 spiro atoms. The highest BCUT2D eigenvalue weighted by atomic mass is 16.3. The van der Waals surface area contributed by atoms with Crippen LogP contribution in [-0.2, 0) is 4.79 Å². The van der Waals surface area contributed by atoms with Gasteiger partial charge in [0.2, 0.25) is 5.91 Å². The van der Waals surface area contributed by atoms with E-state index in [9.17, 15) is 20.1 Å². The van der Waals surface area contributed by atoms with Gasteiger partial charge in [-0.3, -0.25) is 4.79 Å². The van der Waals surface area contributed by atoms with Crippen LogP contribution in [0.15, 0.2) is 24.3 Å². The van der Waals surface area contributed by atoms with Crippen LogP contribution in [0.5, 0.6) is 0 Å². The molecule has 37 heavy (non-hydrogen) atoms. The van der Waals surface area contributed by atoms with Crippen molar-refractivity contribution in [2.45, 2.75) is 167 Å². The van der Waals surface area contributed by atoms with Crippen LogP contribution in [-0.4, -0.2) is 46.1 Å². The number of aliphatic hydroxyl groups is 3. The zero-order chi connectivity index (χ0) is 27.4. The Hall–Kier alpha value is -1.17. The van der Waals surface area contributed by atoms with Gasteiger partial charge in [-0.1, -0.05) is 141 Å². The van der Waals surface area contributed by atoms with Crippen molar-refractivity contribution in [2.75, 3.05) is 6.61 Å². The van der Waals surface area contributed by atoms with Gasteiger partial charge in [0.1, 0.15) is 6.10 Å². The summed E-state index contributed by atoms with van der Waals surface area (Å²) in [5, 5.41) is 32.6. The molecule has 5 heteroatoms. The lowest BCUT2D eigenvalue weighted by Crippen LogP contribution is -2.48. The lowest BCUT2D eigenvalue weighted by molar-refractivity contribution is -0.131. The number of rotatable bonds is 27. The van der Waals surface area contributed by atoms with Crippen LogP contribution in [0, 0.1) is 0 Å². The number of hydrogen-bond donors (Lipinski definition) is 4. The van der Waals surface area contributed by atoms with Gasteiger partial charge in [0, 0.05) is 0 Å². The minimum atomic E-state index is -1.10.